The molecule has 0 bridgehead atoms. The van der Waals surface area contributed by atoms with Gasteiger partial charge in [0.1, 0.15) is 17.6 Å². The average molecular weight is 415 g/mol. The first kappa shape index (κ1) is 23.1. The number of carbonyl (C=O) groups is 2. The summed E-state index contributed by atoms with van der Waals surface area (Å²) in [4.78, 5) is 44.3. The van der Waals surface area contributed by atoms with Crippen LogP contribution in [-0.4, -0.2) is 41.6 Å². The molecule has 0 aliphatic carbocycles. The van der Waals surface area contributed by atoms with Gasteiger partial charge >= 0.3 is 5.97 Å². The number of hydrogen-bond donors (Lipinski definition) is 2. The molecule has 2 N–H and O–H groups in total. The minimum Gasteiger partial charge on any atom is -0.493 e. The average Bonchev–Trinajstić information content (AvgIpc) is 2.72. The Morgan fingerprint density at radius 2 is 1.93 bits per heavy atom. The van der Waals surface area contributed by atoms with Crippen molar-refractivity contribution >= 4 is 11.9 Å². The Kier molecular flexibility index (Phi) is 7.74. The van der Waals surface area contributed by atoms with Crippen molar-refractivity contribution in [2.45, 2.75) is 47.1 Å². The Labute approximate surface area is 176 Å². The van der Waals surface area contributed by atoms with Crippen LogP contribution in [0.3, 0.4) is 0 Å². The SMILES string of the molecule is CCCOc1ccc(C(=O)NC(C(=O)OC)C(C)C)cc1-c1nc(C)c(C)c(=O)[nH]1. The maximum atomic E-state index is 12.8. The third-order valence-corrected chi connectivity index (χ3v) is 4.76. The van der Waals surface area contributed by atoms with Crippen LogP contribution >= 0.6 is 0 Å². The van der Waals surface area contributed by atoms with Crippen LogP contribution in [0.4, 0.5) is 0 Å². The molecule has 30 heavy (non-hydrogen) atoms. The Bertz CT molecular complexity index is 981. The van der Waals surface area contributed by atoms with Crippen molar-refractivity contribution in [2.75, 3.05) is 13.7 Å². The normalized spacial score (nSPS) is 11.8. The molecule has 1 amide bonds. The molecule has 1 aromatic heterocycles. The van der Waals surface area contributed by atoms with Crippen LogP contribution in [0.25, 0.3) is 11.4 Å². The van der Waals surface area contributed by atoms with Crippen LogP contribution < -0.4 is 15.6 Å². The topological polar surface area (TPSA) is 110 Å². The second-order valence-electron chi connectivity index (χ2n) is 7.40. The Morgan fingerprint density at radius 3 is 2.50 bits per heavy atom. The number of nitrogens with zero attached hydrogens (tertiary/aromatic N) is 1. The number of rotatable bonds is 8. The van der Waals surface area contributed by atoms with E-state index in [1.54, 1.807) is 32.0 Å². The number of methoxy groups -OCH3 is 1. The van der Waals surface area contributed by atoms with Crippen LogP contribution in [0.5, 0.6) is 5.75 Å². The van der Waals surface area contributed by atoms with E-state index < -0.39 is 17.9 Å². The third-order valence-electron chi connectivity index (χ3n) is 4.76. The molecular weight excluding hydrogens is 386 g/mol. The molecule has 162 valence electrons. The van der Waals surface area contributed by atoms with Gasteiger partial charge in [-0.2, -0.15) is 0 Å². The van der Waals surface area contributed by atoms with Gasteiger partial charge in [-0.1, -0.05) is 20.8 Å². The Balaban J connectivity index is 2.48. The zero-order valence-corrected chi connectivity index (χ0v) is 18.3. The molecule has 0 radical (unpaired) electrons. The summed E-state index contributed by atoms with van der Waals surface area (Å²) in [5.74, 6) is -0.272. The highest BCUT2D eigenvalue weighted by atomic mass is 16.5. The highest BCUT2D eigenvalue weighted by Crippen LogP contribution is 2.29. The van der Waals surface area contributed by atoms with Crippen molar-refractivity contribution in [2.24, 2.45) is 5.92 Å². The van der Waals surface area contributed by atoms with Crippen molar-refractivity contribution in [1.82, 2.24) is 15.3 Å². The molecule has 0 saturated carbocycles. The van der Waals surface area contributed by atoms with Gasteiger partial charge in [-0.15, -0.1) is 0 Å². The molecule has 1 heterocycles. The number of hydrogen-bond acceptors (Lipinski definition) is 6. The lowest BCUT2D eigenvalue weighted by Crippen LogP contribution is -2.45. The predicted molar refractivity (Wildman–Crippen MR) is 114 cm³/mol. The van der Waals surface area contributed by atoms with Gasteiger partial charge in [0.15, 0.2) is 0 Å². The van der Waals surface area contributed by atoms with E-state index in [0.29, 0.717) is 40.6 Å². The molecule has 2 aromatic rings. The van der Waals surface area contributed by atoms with Crippen LogP contribution in [0, 0.1) is 19.8 Å². The smallest absolute Gasteiger partial charge is 0.328 e. The summed E-state index contributed by atoms with van der Waals surface area (Å²) in [5, 5.41) is 2.71. The van der Waals surface area contributed by atoms with Gasteiger partial charge in [0, 0.05) is 16.8 Å². The van der Waals surface area contributed by atoms with Gasteiger partial charge in [-0.3, -0.25) is 9.59 Å². The monoisotopic (exact) mass is 415 g/mol. The van der Waals surface area contributed by atoms with E-state index in [2.05, 4.69) is 15.3 Å². The molecule has 0 fully saturated rings. The highest BCUT2D eigenvalue weighted by molar-refractivity contribution is 5.98. The van der Waals surface area contributed by atoms with E-state index in [1.165, 1.54) is 7.11 Å². The quantitative estimate of drug-likeness (QED) is 0.642. The lowest BCUT2D eigenvalue weighted by molar-refractivity contribution is -0.144. The zero-order valence-electron chi connectivity index (χ0n) is 18.3. The predicted octanol–water partition coefficient (Wildman–Crippen LogP) is 2.77. The van der Waals surface area contributed by atoms with Crippen LogP contribution in [0.2, 0.25) is 0 Å². The molecule has 8 nitrogen and oxygen atoms in total. The number of esters is 1. The molecule has 8 heteroatoms. The summed E-state index contributed by atoms with van der Waals surface area (Å²) in [6.07, 6.45) is 0.799. The lowest BCUT2D eigenvalue weighted by atomic mass is 10.0. The van der Waals surface area contributed by atoms with Gasteiger partial charge in [0.25, 0.3) is 11.5 Å². The highest BCUT2D eigenvalue weighted by Gasteiger charge is 2.26. The summed E-state index contributed by atoms with van der Waals surface area (Å²) in [5.41, 5.74) is 1.68. The van der Waals surface area contributed by atoms with Gasteiger partial charge < -0.3 is 19.8 Å². The van der Waals surface area contributed by atoms with Gasteiger partial charge in [-0.25, -0.2) is 9.78 Å². The van der Waals surface area contributed by atoms with Crippen molar-refractivity contribution in [1.29, 1.82) is 0 Å². The van der Waals surface area contributed by atoms with Gasteiger partial charge in [0.2, 0.25) is 0 Å². The fraction of sp³-hybridized carbons (Fsp3) is 0.455. The molecule has 0 aliphatic rings. The lowest BCUT2D eigenvalue weighted by Gasteiger charge is -2.20. The minimum atomic E-state index is -0.776. The second-order valence-corrected chi connectivity index (χ2v) is 7.40. The maximum Gasteiger partial charge on any atom is 0.328 e. The zero-order chi connectivity index (χ0) is 22.4. The van der Waals surface area contributed by atoms with Crippen molar-refractivity contribution in [3.05, 3.63) is 45.4 Å². The second kappa shape index (κ2) is 10.0. The standard InChI is InChI=1S/C22H29N3O5/c1-7-10-30-17-9-8-15(21(27)24-18(12(2)3)22(28)29-6)11-16(17)19-23-14(5)13(4)20(26)25-19/h8-9,11-12,18H,7,10H2,1-6H3,(H,24,27)(H,23,25,26). The fourth-order valence-electron chi connectivity index (χ4n) is 2.82. The largest absolute Gasteiger partial charge is 0.493 e. The summed E-state index contributed by atoms with van der Waals surface area (Å²) in [6, 6.07) is 4.10. The Morgan fingerprint density at radius 1 is 1.23 bits per heavy atom. The van der Waals surface area contributed by atoms with E-state index >= 15 is 0 Å². The van der Waals surface area contributed by atoms with Crippen molar-refractivity contribution < 1.29 is 19.1 Å². The third kappa shape index (κ3) is 5.25. The van der Waals surface area contributed by atoms with E-state index in [1.807, 2.05) is 20.8 Å². The van der Waals surface area contributed by atoms with E-state index in [4.69, 9.17) is 9.47 Å². The van der Waals surface area contributed by atoms with Crippen LogP contribution in [-0.2, 0) is 9.53 Å². The number of amides is 1. The van der Waals surface area contributed by atoms with E-state index in [9.17, 15) is 14.4 Å². The van der Waals surface area contributed by atoms with Gasteiger partial charge in [-0.05, 0) is 44.4 Å². The number of aromatic amines is 1. The summed E-state index contributed by atoms with van der Waals surface area (Å²) < 4.78 is 10.6. The van der Waals surface area contributed by atoms with E-state index in [-0.39, 0.29) is 11.5 Å². The molecular formula is C22H29N3O5. The summed E-state index contributed by atoms with van der Waals surface area (Å²) >= 11 is 0. The number of H-pyrrole nitrogens is 1. The molecule has 1 atom stereocenters. The first-order valence-corrected chi connectivity index (χ1v) is 9.93. The van der Waals surface area contributed by atoms with E-state index in [0.717, 1.165) is 6.42 Å². The number of aryl methyl sites for hydroxylation is 1. The molecule has 0 saturated heterocycles. The Hall–Kier alpha value is -3.16. The first-order valence-electron chi connectivity index (χ1n) is 9.93. The fourth-order valence-corrected chi connectivity index (χ4v) is 2.82. The summed E-state index contributed by atoms with van der Waals surface area (Å²) in [6.45, 7) is 9.54. The van der Waals surface area contributed by atoms with Crippen LogP contribution in [0.15, 0.2) is 23.0 Å². The molecule has 0 spiro atoms. The molecule has 2 rings (SSSR count). The van der Waals surface area contributed by atoms with Crippen LogP contribution in [0.1, 0.15) is 48.8 Å². The molecule has 1 unspecified atom stereocenters. The number of benzene rings is 1. The number of nitrogens with one attached hydrogen (secondary N) is 2. The minimum absolute atomic E-state index is 0.147. The number of aromatic nitrogens is 2. The molecule has 0 aliphatic heterocycles. The van der Waals surface area contributed by atoms with Crippen molar-refractivity contribution in [3.8, 4) is 17.1 Å². The number of ether oxygens (including phenoxy) is 2. The van der Waals surface area contributed by atoms with Crippen molar-refractivity contribution in [3.63, 3.8) is 0 Å². The summed E-state index contributed by atoms with van der Waals surface area (Å²) in [7, 11) is 1.28. The van der Waals surface area contributed by atoms with Gasteiger partial charge in [0.05, 0.1) is 19.3 Å². The first-order chi connectivity index (χ1) is 14.2. The maximum absolute atomic E-state index is 12.8. The molecule has 1 aromatic carbocycles. The number of carbonyl (C=O) groups excluding carboxylic acids is 2.